The number of thiazole rings is 1. The molecule has 0 saturated carbocycles. The molecule has 1 fully saturated rings. The summed E-state index contributed by atoms with van der Waals surface area (Å²) in [6, 6.07) is 14.2. The van der Waals surface area contributed by atoms with Crippen molar-refractivity contribution in [1.29, 1.82) is 0 Å². The second kappa shape index (κ2) is 11.7. The van der Waals surface area contributed by atoms with Crippen LogP contribution in [0.5, 0.6) is 5.75 Å². The lowest BCUT2D eigenvalue weighted by Crippen LogP contribution is -2.34. The van der Waals surface area contributed by atoms with Gasteiger partial charge < -0.3 is 24.7 Å². The highest BCUT2D eigenvalue weighted by Crippen LogP contribution is 2.38. The molecule has 0 spiro atoms. The number of carbonyl (C=O) groups excluding carboxylic acids is 1. The molecule has 1 atom stereocenters. The van der Waals surface area contributed by atoms with Crippen molar-refractivity contribution in [3.05, 3.63) is 63.6 Å². The molecule has 210 valence electrons. The molecule has 1 aromatic heterocycles. The zero-order valence-electron chi connectivity index (χ0n) is 22.4. The van der Waals surface area contributed by atoms with E-state index in [-0.39, 0.29) is 18.6 Å². The molecule has 1 saturated heterocycles. The van der Waals surface area contributed by atoms with E-state index in [0.717, 1.165) is 77.6 Å². The van der Waals surface area contributed by atoms with Crippen LogP contribution in [0.2, 0.25) is 0 Å². The highest BCUT2D eigenvalue weighted by Gasteiger charge is 2.31. The SMILES string of the molecule is O=C(O)CN1CCc2nc(C(=O)N3CCc4c(-c5ccc(OCCCN6CCC(O)C6)cc5)cccc43)sc2C1. The highest BCUT2D eigenvalue weighted by atomic mass is 32.1. The number of fused-ring (bicyclic) bond motifs is 2. The van der Waals surface area contributed by atoms with Gasteiger partial charge >= 0.3 is 5.97 Å². The lowest BCUT2D eigenvalue weighted by Gasteiger charge is -2.23. The van der Waals surface area contributed by atoms with Crippen molar-refractivity contribution in [2.45, 2.75) is 38.3 Å². The quantitative estimate of drug-likeness (QED) is 0.383. The van der Waals surface area contributed by atoms with E-state index in [1.165, 1.54) is 11.3 Å². The maximum absolute atomic E-state index is 13.5. The molecular formula is C30H34N4O5S. The summed E-state index contributed by atoms with van der Waals surface area (Å²) >= 11 is 1.39. The molecule has 3 aliphatic heterocycles. The van der Waals surface area contributed by atoms with E-state index in [2.05, 4.69) is 28.1 Å². The van der Waals surface area contributed by atoms with Crippen LogP contribution in [0.15, 0.2) is 42.5 Å². The number of aliphatic carboxylic acids is 1. The molecule has 10 heteroatoms. The molecule has 40 heavy (non-hydrogen) atoms. The van der Waals surface area contributed by atoms with Gasteiger partial charge in [0.05, 0.1) is 24.9 Å². The summed E-state index contributed by atoms with van der Waals surface area (Å²) in [5.74, 6) is -0.0949. The number of likely N-dealkylation sites (tertiary alicyclic amines) is 1. The maximum atomic E-state index is 13.5. The van der Waals surface area contributed by atoms with Crippen molar-refractivity contribution in [3.63, 3.8) is 0 Å². The molecule has 4 heterocycles. The summed E-state index contributed by atoms with van der Waals surface area (Å²) in [6.45, 7) is 5.07. The number of β-amino-alcohol motifs (C(OH)–C–C–N with tert-alkyl or cyclic N) is 1. The summed E-state index contributed by atoms with van der Waals surface area (Å²) in [5.41, 5.74) is 5.21. The number of carbonyl (C=O) groups is 2. The number of aliphatic hydroxyl groups is 1. The Balaban J connectivity index is 1.10. The maximum Gasteiger partial charge on any atom is 0.317 e. The number of carboxylic acid groups (broad SMARTS) is 1. The van der Waals surface area contributed by atoms with E-state index in [1.807, 2.05) is 34.1 Å². The van der Waals surface area contributed by atoms with Gasteiger partial charge in [0.25, 0.3) is 5.91 Å². The lowest BCUT2D eigenvalue weighted by atomic mass is 9.98. The monoisotopic (exact) mass is 562 g/mol. The van der Waals surface area contributed by atoms with E-state index in [1.54, 1.807) is 0 Å². The predicted octanol–water partition coefficient (Wildman–Crippen LogP) is 3.29. The molecule has 1 amide bonds. The minimum Gasteiger partial charge on any atom is -0.494 e. The van der Waals surface area contributed by atoms with E-state index >= 15 is 0 Å². The molecule has 3 aliphatic rings. The van der Waals surface area contributed by atoms with Crippen LogP contribution < -0.4 is 9.64 Å². The van der Waals surface area contributed by atoms with Crippen LogP contribution in [-0.4, -0.2) is 88.9 Å². The Morgan fingerprint density at radius 2 is 1.90 bits per heavy atom. The zero-order valence-corrected chi connectivity index (χ0v) is 23.2. The van der Waals surface area contributed by atoms with Gasteiger partial charge in [0.2, 0.25) is 0 Å². The van der Waals surface area contributed by atoms with Gasteiger partial charge in [-0.15, -0.1) is 11.3 Å². The number of nitrogens with zero attached hydrogens (tertiary/aromatic N) is 4. The molecule has 0 aliphatic carbocycles. The van der Waals surface area contributed by atoms with Crippen LogP contribution in [0.1, 0.15) is 38.8 Å². The molecule has 0 bridgehead atoms. The third-order valence-corrected chi connectivity index (χ3v) is 9.00. The summed E-state index contributed by atoms with van der Waals surface area (Å²) < 4.78 is 5.95. The number of ether oxygens (including phenoxy) is 1. The minimum absolute atomic E-state index is 0.000510. The molecule has 2 N–H and O–H groups in total. The zero-order chi connectivity index (χ0) is 27.6. The smallest absolute Gasteiger partial charge is 0.317 e. The summed E-state index contributed by atoms with van der Waals surface area (Å²) in [4.78, 5) is 36.3. The number of hydrogen-bond donors (Lipinski definition) is 2. The molecular weight excluding hydrogens is 528 g/mol. The first kappa shape index (κ1) is 26.9. The van der Waals surface area contributed by atoms with Crippen LogP contribution in [-0.2, 0) is 24.2 Å². The predicted molar refractivity (Wildman–Crippen MR) is 153 cm³/mol. The Labute approximate surface area is 237 Å². The molecule has 1 unspecified atom stereocenters. The number of hydrogen-bond acceptors (Lipinski definition) is 8. The Morgan fingerprint density at radius 1 is 1.05 bits per heavy atom. The standard InChI is InChI=1S/C30H34N4O5S/c35-21-9-13-32(17-21)12-2-16-39-22-7-5-20(6-8-22)23-3-1-4-26-24(23)10-15-34(26)30(38)29-31-25-11-14-33(19-28(36)37)18-27(25)40-29/h1,3-8,21,35H,2,9-19H2,(H,36,37). The highest BCUT2D eigenvalue weighted by molar-refractivity contribution is 7.13. The van der Waals surface area contributed by atoms with Gasteiger partial charge in [-0.1, -0.05) is 24.3 Å². The normalized spacial score (nSPS) is 19.0. The van der Waals surface area contributed by atoms with E-state index < -0.39 is 5.97 Å². The van der Waals surface area contributed by atoms with Gasteiger partial charge in [-0.3, -0.25) is 14.5 Å². The van der Waals surface area contributed by atoms with Gasteiger partial charge in [-0.05, 0) is 54.2 Å². The summed E-state index contributed by atoms with van der Waals surface area (Å²) in [6.07, 6.45) is 3.04. The van der Waals surface area contributed by atoms with Crippen molar-refractivity contribution in [3.8, 4) is 16.9 Å². The Morgan fingerprint density at radius 3 is 2.67 bits per heavy atom. The van der Waals surface area contributed by atoms with Gasteiger partial charge in [-0.25, -0.2) is 4.98 Å². The fourth-order valence-corrected chi connectivity index (χ4v) is 7.02. The first-order chi connectivity index (χ1) is 19.4. The van der Waals surface area contributed by atoms with Gasteiger partial charge in [0.15, 0.2) is 5.01 Å². The fourth-order valence-electron chi connectivity index (χ4n) is 5.92. The van der Waals surface area contributed by atoms with Crippen molar-refractivity contribution in [2.75, 3.05) is 50.8 Å². The lowest BCUT2D eigenvalue weighted by molar-refractivity contribution is -0.138. The van der Waals surface area contributed by atoms with Crippen molar-refractivity contribution in [1.82, 2.24) is 14.8 Å². The van der Waals surface area contributed by atoms with Crippen LogP contribution in [0, 0.1) is 0 Å². The number of amides is 1. The number of benzene rings is 2. The molecule has 9 nitrogen and oxygen atoms in total. The van der Waals surface area contributed by atoms with Gasteiger partial charge in [0.1, 0.15) is 5.75 Å². The third-order valence-electron chi connectivity index (χ3n) is 7.92. The number of anilines is 1. The Hall–Kier alpha value is -3.31. The van der Waals surface area contributed by atoms with Gasteiger partial charge in [0, 0.05) is 56.3 Å². The minimum atomic E-state index is -0.842. The first-order valence-corrected chi connectivity index (χ1v) is 14.8. The Kier molecular flexibility index (Phi) is 7.84. The second-order valence-electron chi connectivity index (χ2n) is 10.7. The van der Waals surface area contributed by atoms with Crippen molar-refractivity contribution in [2.24, 2.45) is 0 Å². The second-order valence-corrected chi connectivity index (χ2v) is 11.8. The largest absolute Gasteiger partial charge is 0.494 e. The van der Waals surface area contributed by atoms with E-state index in [9.17, 15) is 14.7 Å². The van der Waals surface area contributed by atoms with Crippen molar-refractivity contribution >= 4 is 28.9 Å². The topological polar surface area (TPSA) is 106 Å². The van der Waals surface area contributed by atoms with E-state index in [4.69, 9.17) is 9.84 Å². The first-order valence-electron chi connectivity index (χ1n) is 13.9. The number of aromatic nitrogens is 1. The summed E-state index contributed by atoms with van der Waals surface area (Å²) in [7, 11) is 0. The summed E-state index contributed by atoms with van der Waals surface area (Å²) in [5, 5.41) is 19.2. The van der Waals surface area contributed by atoms with Crippen LogP contribution in [0.3, 0.4) is 0 Å². The average Bonchev–Trinajstić information content (AvgIpc) is 3.68. The van der Waals surface area contributed by atoms with Crippen molar-refractivity contribution < 1.29 is 24.5 Å². The van der Waals surface area contributed by atoms with E-state index in [0.29, 0.717) is 37.7 Å². The molecule has 3 aromatic rings. The van der Waals surface area contributed by atoms with Gasteiger partial charge in [-0.2, -0.15) is 0 Å². The molecule has 2 aromatic carbocycles. The third kappa shape index (κ3) is 5.76. The average molecular weight is 563 g/mol. The number of carboxylic acids is 1. The fraction of sp³-hybridized carbons (Fsp3) is 0.433. The molecule has 0 radical (unpaired) electrons. The van der Waals surface area contributed by atoms with Crippen LogP contribution in [0.4, 0.5) is 5.69 Å². The van der Waals surface area contributed by atoms with Crippen LogP contribution >= 0.6 is 11.3 Å². The van der Waals surface area contributed by atoms with Crippen LogP contribution in [0.25, 0.3) is 11.1 Å². The number of aliphatic hydroxyl groups excluding tert-OH is 1. The Bertz CT molecular complexity index is 1390. The number of rotatable bonds is 9. The molecule has 6 rings (SSSR count).